The first-order chi connectivity index (χ1) is 17.2. The number of nitrogens with zero attached hydrogens (tertiary/aromatic N) is 1. The summed E-state index contributed by atoms with van der Waals surface area (Å²) in [7, 11) is 1.23. The van der Waals surface area contributed by atoms with Gasteiger partial charge in [-0.2, -0.15) is 0 Å². The number of nitrogens with one attached hydrogen (secondary N) is 2. The van der Waals surface area contributed by atoms with Crippen molar-refractivity contribution in [2.24, 2.45) is 0 Å². The Morgan fingerprint density at radius 3 is 2.47 bits per heavy atom. The summed E-state index contributed by atoms with van der Waals surface area (Å²) in [6.07, 6.45) is 0.559. The van der Waals surface area contributed by atoms with E-state index >= 15 is 0 Å². The van der Waals surface area contributed by atoms with Crippen LogP contribution in [0.25, 0.3) is 0 Å². The zero-order chi connectivity index (χ0) is 26.0. The molecule has 2 aliphatic rings. The third-order valence-corrected chi connectivity index (χ3v) is 6.84. The van der Waals surface area contributed by atoms with Crippen LogP contribution in [0, 0.1) is 10.1 Å². The van der Waals surface area contributed by atoms with Crippen molar-refractivity contribution < 1.29 is 24.0 Å². The van der Waals surface area contributed by atoms with Crippen molar-refractivity contribution in [1.29, 1.82) is 0 Å². The summed E-state index contributed by atoms with van der Waals surface area (Å²) in [5.41, 5.74) is 3.60. The van der Waals surface area contributed by atoms with Gasteiger partial charge in [0, 0.05) is 47.6 Å². The van der Waals surface area contributed by atoms with Gasteiger partial charge in [-0.15, -0.1) is 0 Å². The van der Waals surface area contributed by atoms with E-state index in [4.69, 9.17) is 21.1 Å². The Labute approximate surface area is 213 Å². The SMILES string of the molecule is COC(=O)C1=C(C)NC(C)=C(C(=O)OCCC2NCc3ccccc32)C1c1cc([N+](=O)[O-])ccc1Cl. The van der Waals surface area contributed by atoms with Crippen LogP contribution in [0.4, 0.5) is 5.69 Å². The smallest absolute Gasteiger partial charge is 0.336 e. The maximum atomic E-state index is 13.4. The first-order valence-corrected chi connectivity index (χ1v) is 11.8. The Morgan fingerprint density at radius 2 is 1.78 bits per heavy atom. The molecule has 2 aromatic carbocycles. The fraction of sp³-hybridized carbons (Fsp3) is 0.308. The van der Waals surface area contributed by atoms with Gasteiger partial charge in [-0.3, -0.25) is 10.1 Å². The molecule has 0 saturated heterocycles. The summed E-state index contributed by atoms with van der Waals surface area (Å²) >= 11 is 6.45. The fourth-order valence-corrected chi connectivity index (χ4v) is 5.03. The number of ether oxygens (including phenoxy) is 2. The van der Waals surface area contributed by atoms with Gasteiger partial charge in [0.2, 0.25) is 0 Å². The van der Waals surface area contributed by atoms with E-state index in [9.17, 15) is 19.7 Å². The summed E-state index contributed by atoms with van der Waals surface area (Å²) in [5, 5.41) is 18.1. The second kappa shape index (κ2) is 10.5. The number of allylic oxidation sites excluding steroid dienone is 2. The molecule has 9 nitrogen and oxygen atoms in total. The molecular weight excluding hydrogens is 486 g/mol. The lowest BCUT2D eigenvalue weighted by molar-refractivity contribution is -0.384. The average Bonchev–Trinajstić information content (AvgIpc) is 3.26. The minimum Gasteiger partial charge on any atom is -0.466 e. The molecule has 0 radical (unpaired) electrons. The Hall–Kier alpha value is -3.69. The number of fused-ring (bicyclic) bond motifs is 1. The van der Waals surface area contributed by atoms with Crippen LogP contribution in [-0.4, -0.2) is 30.6 Å². The van der Waals surface area contributed by atoms with Gasteiger partial charge in [-0.05, 0) is 36.6 Å². The zero-order valence-electron chi connectivity index (χ0n) is 20.1. The number of hydrogen-bond donors (Lipinski definition) is 2. The normalized spacial score (nSPS) is 19.0. The van der Waals surface area contributed by atoms with E-state index in [2.05, 4.69) is 22.8 Å². The van der Waals surface area contributed by atoms with Crippen LogP contribution in [0.3, 0.4) is 0 Å². The number of carbonyl (C=O) groups excluding carboxylic acids is 2. The van der Waals surface area contributed by atoms with E-state index in [0.717, 1.165) is 6.54 Å². The predicted octanol–water partition coefficient (Wildman–Crippen LogP) is 4.43. The summed E-state index contributed by atoms with van der Waals surface area (Å²) in [4.78, 5) is 37.1. The van der Waals surface area contributed by atoms with E-state index in [1.165, 1.54) is 36.4 Å². The number of dihydropyridines is 1. The molecule has 2 heterocycles. The molecule has 0 bridgehead atoms. The minimum absolute atomic E-state index is 0.0587. The molecular formula is C26H26ClN3O6. The van der Waals surface area contributed by atoms with Gasteiger partial charge in [-0.1, -0.05) is 35.9 Å². The highest BCUT2D eigenvalue weighted by molar-refractivity contribution is 6.31. The third-order valence-electron chi connectivity index (χ3n) is 6.50. The van der Waals surface area contributed by atoms with E-state index in [0.29, 0.717) is 17.8 Å². The zero-order valence-corrected chi connectivity index (χ0v) is 20.8. The summed E-state index contributed by atoms with van der Waals surface area (Å²) in [5.74, 6) is -2.34. The van der Waals surface area contributed by atoms with Crippen LogP contribution in [0.1, 0.15) is 48.9 Å². The van der Waals surface area contributed by atoms with E-state index < -0.39 is 22.8 Å². The van der Waals surface area contributed by atoms with Crippen LogP contribution in [0.15, 0.2) is 65.0 Å². The van der Waals surface area contributed by atoms with Gasteiger partial charge < -0.3 is 20.1 Å². The van der Waals surface area contributed by atoms with Gasteiger partial charge >= 0.3 is 11.9 Å². The highest BCUT2D eigenvalue weighted by Crippen LogP contribution is 2.43. The van der Waals surface area contributed by atoms with Crippen LogP contribution < -0.4 is 10.6 Å². The van der Waals surface area contributed by atoms with Gasteiger partial charge in [0.15, 0.2) is 0 Å². The Kier molecular flexibility index (Phi) is 7.42. The standard InChI is InChI=1S/C26H26ClN3O6/c1-14-22(25(31)35-3)24(19-12-17(30(33)34)8-9-20(19)27)23(15(2)29-14)26(32)36-11-10-21-18-7-5-4-6-16(18)13-28-21/h4-9,12,21,24,28-29H,10-11,13H2,1-3H3. The molecule has 0 amide bonds. The van der Waals surface area contributed by atoms with E-state index in [-0.39, 0.29) is 40.1 Å². The molecule has 2 N–H and O–H groups in total. The van der Waals surface area contributed by atoms with Gasteiger partial charge in [0.1, 0.15) is 0 Å². The Balaban J connectivity index is 1.64. The van der Waals surface area contributed by atoms with Crippen molar-refractivity contribution in [1.82, 2.24) is 10.6 Å². The van der Waals surface area contributed by atoms with Crippen LogP contribution in [0.5, 0.6) is 0 Å². The lowest BCUT2D eigenvalue weighted by atomic mass is 9.80. The molecule has 2 aromatic rings. The summed E-state index contributed by atoms with van der Waals surface area (Å²) < 4.78 is 10.6. The average molecular weight is 512 g/mol. The molecule has 2 unspecified atom stereocenters. The number of non-ortho nitro benzene ring substituents is 1. The van der Waals surface area contributed by atoms with Crippen LogP contribution in [0.2, 0.25) is 5.02 Å². The number of methoxy groups -OCH3 is 1. The number of carbonyl (C=O) groups is 2. The lowest BCUT2D eigenvalue weighted by Gasteiger charge is -2.30. The molecule has 0 aromatic heterocycles. The second-order valence-electron chi connectivity index (χ2n) is 8.65. The van der Waals surface area contributed by atoms with E-state index in [1.54, 1.807) is 13.8 Å². The van der Waals surface area contributed by atoms with Crippen molar-refractivity contribution in [3.8, 4) is 0 Å². The number of esters is 2. The molecule has 0 saturated carbocycles. The topological polar surface area (TPSA) is 120 Å². The van der Waals surface area contributed by atoms with Crippen molar-refractivity contribution in [2.45, 2.75) is 38.8 Å². The highest BCUT2D eigenvalue weighted by atomic mass is 35.5. The van der Waals surface area contributed by atoms with Crippen molar-refractivity contribution in [2.75, 3.05) is 13.7 Å². The Morgan fingerprint density at radius 1 is 1.08 bits per heavy atom. The minimum atomic E-state index is -1.01. The predicted molar refractivity (Wildman–Crippen MR) is 133 cm³/mol. The van der Waals surface area contributed by atoms with E-state index in [1.807, 2.05) is 12.1 Å². The molecule has 4 rings (SSSR count). The van der Waals surface area contributed by atoms with Gasteiger partial charge in [-0.25, -0.2) is 9.59 Å². The molecule has 2 aliphatic heterocycles. The van der Waals surface area contributed by atoms with Crippen molar-refractivity contribution in [3.63, 3.8) is 0 Å². The number of hydrogen-bond acceptors (Lipinski definition) is 8. The number of nitro benzene ring substituents is 1. The highest BCUT2D eigenvalue weighted by Gasteiger charge is 2.39. The molecule has 2 atom stereocenters. The Bertz CT molecular complexity index is 1300. The maximum absolute atomic E-state index is 13.4. The number of rotatable bonds is 7. The number of halogens is 1. The first kappa shape index (κ1) is 25.4. The van der Waals surface area contributed by atoms with Crippen molar-refractivity contribution in [3.05, 3.63) is 96.8 Å². The summed E-state index contributed by atoms with van der Waals surface area (Å²) in [6, 6.07) is 12.1. The quantitative estimate of drug-likeness (QED) is 0.318. The lowest BCUT2D eigenvalue weighted by Crippen LogP contribution is -2.32. The fourth-order valence-electron chi connectivity index (χ4n) is 4.81. The first-order valence-electron chi connectivity index (χ1n) is 11.4. The molecule has 0 spiro atoms. The molecule has 188 valence electrons. The maximum Gasteiger partial charge on any atom is 0.336 e. The van der Waals surface area contributed by atoms with Gasteiger partial charge in [0.05, 0.1) is 35.7 Å². The monoisotopic (exact) mass is 511 g/mol. The number of nitro groups is 1. The summed E-state index contributed by atoms with van der Waals surface area (Å²) in [6.45, 7) is 4.23. The number of benzene rings is 2. The largest absolute Gasteiger partial charge is 0.466 e. The van der Waals surface area contributed by atoms with Crippen molar-refractivity contribution >= 4 is 29.2 Å². The van der Waals surface area contributed by atoms with Crippen LogP contribution in [-0.2, 0) is 25.6 Å². The molecule has 36 heavy (non-hydrogen) atoms. The van der Waals surface area contributed by atoms with Crippen LogP contribution >= 0.6 is 11.6 Å². The molecule has 0 aliphatic carbocycles. The molecule has 0 fully saturated rings. The van der Waals surface area contributed by atoms with Gasteiger partial charge in [0.25, 0.3) is 5.69 Å². The second-order valence-corrected chi connectivity index (χ2v) is 9.05. The molecule has 10 heteroatoms. The third kappa shape index (κ3) is 4.84.